The summed E-state index contributed by atoms with van der Waals surface area (Å²) in [4.78, 5) is 23.9. The van der Waals surface area contributed by atoms with Crippen molar-refractivity contribution < 1.29 is 14.1 Å². The molecule has 0 aliphatic carbocycles. The summed E-state index contributed by atoms with van der Waals surface area (Å²) in [5, 5.41) is 12.5. The molecule has 9 heteroatoms. The zero-order valence-corrected chi connectivity index (χ0v) is 8.38. The number of nitrogens with zero attached hydrogens (tertiary/aromatic N) is 2. The molecule has 0 spiro atoms. The largest absolute Gasteiger partial charge is 0.370 e. The minimum absolute atomic E-state index is 0.540. The van der Waals surface area contributed by atoms with Crippen LogP contribution in [-0.2, 0) is 0 Å². The number of nitrogens with one attached hydrogen (secondary N) is 1. The van der Waals surface area contributed by atoms with E-state index < -0.39 is 34.1 Å². The van der Waals surface area contributed by atoms with E-state index in [1.54, 1.807) is 0 Å². The maximum Gasteiger partial charge on any atom is 0.348 e. The first-order valence-electron chi connectivity index (χ1n) is 4.25. The van der Waals surface area contributed by atoms with Crippen LogP contribution in [0.5, 0.6) is 0 Å². The Labute approximate surface area is 94.3 Å². The Morgan fingerprint density at radius 3 is 2.65 bits per heavy atom. The molecular weight excluding hydrogens is 233 g/mol. The van der Waals surface area contributed by atoms with Crippen molar-refractivity contribution in [2.75, 3.05) is 5.32 Å². The van der Waals surface area contributed by atoms with Crippen molar-refractivity contribution in [1.29, 1.82) is 0 Å². The number of rotatable bonds is 2. The molecule has 0 aliphatic heterocycles. The quantitative estimate of drug-likeness (QED) is 0.300. The van der Waals surface area contributed by atoms with Crippen LogP contribution >= 0.6 is 0 Å². The molecule has 0 bridgehead atoms. The van der Waals surface area contributed by atoms with Crippen LogP contribution in [0.3, 0.4) is 0 Å². The van der Waals surface area contributed by atoms with Gasteiger partial charge in [-0.2, -0.15) is 4.99 Å². The Kier molecular flexibility index (Phi) is 3.55. The third-order valence-electron chi connectivity index (χ3n) is 1.65. The summed E-state index contributed by atoms with van der Waals surface area (Å²) >= 11 is 0. The second-order valence-corrected chi connectivity index (χ2v) is 2.86. The van der Waals surface area contributed by atoms with Gasteiger partial charge in [-0.15, -0.1) is 0 Å². The summed E-state index contributed by atoms with van der Waals surface area (Å²) in [6.45, 7) is 0. The van der Waals surface area contributed by atoms with Crippen molar-refractivity contribution in [2.45, 2.75) is 0 Å². The molecule has 17 heavy (non-hydrogen) atoms. The number of nitrogens with two attached hydrogens (primary N) is 2. The first-order chi connectivity index (χ1) is 7.91. The molecule has 0 aliphatic rings. The summed E-state index contributed by atoms with van der Waals surface area (Å²) in [7, 11) is 0. The number of hydrogen-bond donors (Lipinski definition) is 3. The van der Waals surface area contributed by atoms with Gasteiger partial charge in [0.25, 0.3) is 5.69 Å². The van der Waals surface area contributed by atoms with Gasteiger partial charge in [-0.1, -0.05) is 6.07 Å². The van der Waals surface area contributed by atoms with E-state index in [1.165, 1.54) is 0 Å². The first-order valence-corrected chi connectivity index (χ1v) is 4.25. The molecule has 1 aromatic rings. The van der Waals surface area contributed by atoms with Gasteiger partial charge in [0.05, 0.1) is 4.92 Å². The molecule has 90 valence electrons. The molecule has 0 saturated carbocycles. The molecule has 1 aromatic carbocycles. The Morgan fingerprint density at radius 2 is 2.12 bits per heavy atom. The highest BCUT2D eigenvalue weighted by molar-refractivity contribution is 5.99. The summed E-state index contributed by atoms with van der Waals surface area (Å²) in [5.74, 6) is -1.50. The Morgan fingerprint density at radius 1 is 1.47 bits per heavy atom. The van der Waals surface area contributed by atoms with E-state index in [2.05, 4.69) is 4.99 Å². The number of para-hydroxylation sites is 1. The smallest absolute Gasteiger partial charge is 0.348 e. The van der Waals surface area contributed by atoms with Crippen molar-refractivity contribution in [1.82, 2.24) is 0 Å². The van der Waals surface area contributed by atoms with Crippen LogP contribution in [0, 0.1) is 15.9 Å². The van der Waals surface area contributed by atoms with Crippen molar-refractivity contribution >= 4 is 23.4 Å². The Bertz CT molecular complexity index is 498. The first kappa shape index (κ1) is 12.4. The number of halogens is 1. The number of carbonyl (C=O) groups is 1. The van der Waals surface area contributed by atoms with Crippen molar-refractivity contribution in [3.05, 3.63) is 34.1 Å². The van der Waals surface area contributed by atoms with E-state index in [0.717, 1.165) is 18.2 Å². The lowest BCUT2D eigenvalue weighted by Gasteiger charge is -2.04. The number of benzene rings is 1. The molecule has 0 atom stereocenters. The van der Waals surface area contributed by atoms with Crippen LogP contribution in [0.15, 0.2) is 23.2 Å². The number of anilines is 1. The Balaban J connectivity index is 3.09. The van der Waals surface area contributed by atoms with E-state index in [-0.39, 0.29) is 0 Å². The van der Waals surface area contributed by atoms with Crippen molar-refractivity contribution in [3.8, 4) is 0 Å². The number of carbonyl (C=O) groups excluding carboxylic acids is 1. The Hall–Kier alpha value is -2.71. The molecule has 1 rings (SSSR count). The van der Waals surface area contributed by atoms with Gasteiger partial charge in [0, 0.05) is 6.07 Å². The third-order valence-corrected chi connectivity index (χ3v) is 1.65. The minimum Gasteiger partial charge on any atom is -0.370 e. The fraction of sp³-hybridized carbons (Fsp3) is 0. The molecule has 0 heterocycles. The van der Waals surface area contributed by atoms with E-state index in [9.17, 15) is 19.3 Å². The number of aliphatic imine (C=N–C) groups is 1. The third kappa shape index (κ3) is 3.12. The number of nitro groups is 1. The number of nitro benzene ring substituents is 1. The molecule has 0 saturated heterocycles. The molecule has 0 fully saturated rings. The van der Waals surface area contributed by atoms with Crippen molar-refractivity contribution in [3.63, 3.8) is 0 Å². The lowest BCUT2D eigenvalue weighted by Crippen LogP contribution is -2.25. The van der Waals surface area contributed by atoms with Crippen molar-refractivity contribution in [2.24, 2.45) is 16.5 Å². The van der Waals surface area contributed by atoms with Gasteiger partial charge in [0.2, 0.25) is 0 Å². The zero-order chi connectivity index (χ0) is 13.0. The molecule has 0 unspecified atom stereocenters. The summed E-state index contributed by atoms with van der Waals surface area (Å²) in [5.41, 5.74) is 8.66. The van der Waals surface area contributed by atoms with Gasteiger partial charge in [-0.05, 0) is 6.07 Å². The topological polar surface area (TPSA) is 137 Å². The van der Waals surface area contributed by atoms with E-state index >= 15 is 0 Å². The van der Waals surface area contributed by atoms with E-state index in [0.29, 0.717) is 0 Å². The van der Waals surface area contributed by atoms with Gasteiger partial charge in [0.15, 0.2) is 17.5 Å². The SMILES string of the molecule is NC(N)=NC(=O)Nc1c(F)cccc1[N+](=O)[O-]. The average molecular weight is 241 g/mol. The average Bonchev–Trinajstić information content (AvgIpc) is 2.19. The fourth-order valence-electron chi connectivity index (χ4n) is 1.04. The lowest BCUT2D eigenvalue weighted by molar-refractivity contribution is -0.384. The summed E-state index contributed by atoms with van der Waals surface area (Å²) in [6, 6.07) is 2.04. The minimum atomic E-state index is -1.10. The van der Waals surface area contributed by atoms with Crippen LogP contribution < -0.4 is 16.8 Å². The highest BCUT2D eigenvalue weighted by atomic mass is 19.1. The standard InChI is InChI=1S/C8H8FN5O3/c9-4-2-1-3-5(14(16)17)6(4)12-8(15)13-7(10)11/h1-3H,(H5,10,11,12,13,15). The van der Waals surface area contributed by atoms with Gasteiger partial charge in [-0.3, -0.25) is 15.4 Å². The highest BCUT2D eigenvalue weighted by Gasteiger charge is 2.19. The van der Waals surface area contributed by atoms with Gasteiger partial charge < -0.3 is 11.5 Å². The van der Waals surface area contributed by atoms with Crippen LogP contribution in [0.25, 0.3) is 0 Å². The van der Waals surface area contributed by atoms with Gasteiger partial charge in [0.1, 0.15) is 0 Å². The maximum absolute atomic E-state index is 13.3. The monoisotopic (exact) mass is 241 g/mol. The normalized spacial score (nSPS) is 9.47. The lowest BCUT2D eigenvalue weighted by atomic mass is 10.2. The molecule has 0 radical (unpaired) electrons. The molecule has 5 N–H and O–H groups in total. The predicted octanol–water partition coefficient (Wildman–Crippen LogP) is 0.539. The van der Waals surface area contributed by atoms with Gasteiger partial charge >= 0.3 is 6.03 Å². The highest BCUT2D eigenvalue weighted by Crippen LogP contribution is 2.26. The van der Waals surface area contributed by atoms with E-state index in [1.807, 2.05) is 5.32 Å². The van der Waals surface area contributed by atoms with Gasteiger partial charge in [-0.25, -0.2) is 9.18 Å². The van der Waals surface area contributed by atoms with Crippen LogP contribution in [0.1, 0.15) is 0 Å². The maximum atomic E-state index is 13.3. The second-order valence-electron chi connectivity index (χ2n) is 2.86. The number of amides is 2. The molecule has 8 nitrogen and oxygen atoms in total. The number of urea groups is 1. The molecular formula is C8H8FN5O3. The summed E-state index contributed by atoms with van der Waals surface area (Å²) < 4.78 is 13.3. The molecule has 2 amide bonds. The zero-order valence-electron chi connectivity index (χ0n) is 8.38. The molecule has 0 aromatic heterocycles. The number of hydrogen-bond acceptors (Lipinski definition) is 3. The summed E-state index contributed by atoms with van der Waals surface area (Å²) in [6.07, 6.45) is 0. The number of guanidine groups is 1. The van der Waals surface area contributed by atoms with E-state index in [4.69, 9.17) is 11.5 Å². The van der Waals surface area contributed by atoms with Crippen LogP contribution in [-0.4, -0.2) is 16.9 Å². The second kappa shape index (κ2) is 4.88. The van der Waals surface area contributed by atoms with Crippen LogP contribution in [0.4, 0.5) is 20.6 Å². The predicted molar refractivity (Wildman–Crippen MR) is 57.9 cm³/mol. The van der Waals surface area contributed by atoms with Crippen LogP contribution in [0.2, 0.25) is 0 Å². The fourth-order valence-corrected chi connectivity index (χ4v) is 1.04.